The van der Waals surface area contributed by atoms with Gasteiger partial charge in [-0.25, -0.2) is 0 Å². The third kappa shape index (κ3) is 3.57. The second-order valence-corrected chi connectivity index (χ2v) is 9.19. The standard InChI is InChI=1S/C26H32N2O2/c29-18-24-25(21-13-11-20(12-14-21)19-7-2-1-3-8-19)23-17-27(15-4-5-16-28(23)24)26(30)22-9-6-10-22/h1-3,7-8,11-14,22-25,29H,4-6,9-10,15-18H2/t23-,24-,25+/m0/s1. The molecule has 2 aromatic rings. The zero-order valence-electron chi connectivity index (χ0n) is 17.6. The SMILES string of the molecule is O=C(C1CCC1)N1CCCCN2[C@@H](CO)[C@H](c3ccc(-c4ccccc4)cc3)[C@@H]2C1. The molecule has 4 nitrogen and oxygen atoms in total. The largest absolute Gasteiger partial charge is 0.395 e. The van der Waals surface area contributed by atoms with Crippen LogP contribution in [0, 0.1) is 5.92 Å². The average Bonchev–Trinajstić information content (AvgIpc) is 2.72. The van der Waals surface area contributed by atoms with Gasteiger partial charge in [0, 0.05) is 37.0 Å². The van der Waals surface area contributed by atoms with Crippen molar-refractivity contribution in [2.45, 2.75) is 50.1 Å². The van der Waals surface area contributed by atoms with Gasteiger partial charge in [0.25, 0.3) is 0 Å². The Labute approximate surface area is 179 Å². The zero-order chi connectivity index (χ0) is 20.5. The molecule has 3 atom stereocenters. The van der Waals surface area contributed by atoms with E-state index >= 15 is 0 Å². The molecule has 4 heteroatoms. The summed E-state index contributed by atoms with van der Waals surface area (Å²) in [5.41, 5.74) is 3.73. The number of hydrogen-bond donors (Lipinski definition) is 1. The summed E-state index contributed by atoms with van der Waals surface area (Å²) in [5.74, 6) is 0.915. The Bertz CT molecular complexity index is 862. The maximum Gasteiger partial charge on any atom is 0.225 e. The van der Waals surface area contributed by atoms with Crippen molar-refractivity contribution in [3.8, 4) is 11.1 Å². The molecular formula is C26H32N2O2. The van der Waals surface area contributed by atoms with Crippen LogP contribution in [-0.2, 0) is 4.79 Å². The van der Waals surface area contributed by atoms with Gasteiger partial charge in [-0.2, -0.15) is 0 Å². The van der Waals surface area contributed by atoms with Gasteiger partial charge in [-0.1, -0.05) is 61.0 Å². The number of fused-ring (bicyclic) bond motifs is 1. The molecule has 0 radical (unpaired) electrons. The average molecular weight is 405 g/mol. The molecule has 2 heterocycles. The second-order valence-electron chi connectivity index (χ2n) is 9.19. The fraction of sp³-hybridized carbons (Fsp3) is 0.500. The lowest BCUT2D eigenvalue weighted by Crippen LogP contribution is -2.68. The predicted molar refractivity (Wildman–Crippen MR) is 119 cm³/mol. The summed E-state index contributed by atoms with van der Waals surface area (Å²) in [6, 6.07) is 19.8. The molecule has 1 saturated carbocycles. The number of carbonyl (C=O) groups is 1. The van der Waals surface area contributed by atoms with Crippen LogP contribution in [0.4, 0.5) is 0 Å². The first-order valence-corrected chi connectivity index (χ1v) is 11.6. The maximum absolute atomic E-state index is 13.0. The van der Waals surface area contributed by atoms with Crippen LogP contribution < -0.4 is 0 Å². The van der Waals surface area contributed by atoms with Gasteiger partial charge >= 0.3 is 0 Å². The van der Waals surface area contributed by atoms with Crippen molar-refractivity contribution in [1.82, 2.24) is 9.80 Å². The lowest BCUT2D eigenvalue weighted by atomic mass is 9.74. The van der Waals surface area contributed by atoms with E-state index in [1.165, 1.54) is 23.1 Å². The van der Waals surface area contributed by atoms with Crippen molar-refractivity contribution < 1.29 is 9.90 Å². The monoisotopic (exact) mass is 404 g/mol. The minimum absolute atomic E-state index is 0.163. The molecule has 2 saturated heterocycles. The lowest BCUT2D eigenvalue weighted by Gasteiger charge is -2.57. The number of carbonyl (C=O) groups excluding carboxylic acids is 1. The summed E-state index contributed by atoms with van der Waals surface area (Å²) in [6.07, 6.45) is 5.49. The Morgan fingerprint density at radius 2 is 1.60 bits per heavy atom. The summed E-state index contributed by atoms with van der Waals surface area (Å²) in [7, 11) is 0. The number of benzene rings is 2. The third-order valence-corrected chi connectivity index (χ3v) is 7.54. The summed E-state index contributed by atoms with van der Waals surface area (Å²) in [5, 5.41) is 10.1. The Morgan fingerprint density at radius 3 is 2.27 bits per heavy atom. The fourth-order valence-corrected chi connectivity index (χ4v) is 5.58. The lowest BCUT2D eigenvalue weighted by molar-refractivity contribution is -0.143. The Kier molecular flexibility index (Phi) is 5.62. The van der Waals surface area contributed by atoms with Crippen LogP contribution in [0.25, 0.3) is 11.1 Å². The second kappa shape index (κ2) is 8.52. The van der Waals surface area contributed by atoms with E-state index in [1.807, 2.05) is 6.07 Å². The van der Waals surface area contributed by atoms with Gasteiger partial charge < -0.3 is 10.0 Å². The highest BCUT2D eigenvalue weighted by molar-refractivity contribution is 5.79. The van der Waals surface area contributed by atoms with Gasteiger partial charge in [0.05, 0.1) is 6.61 Å². The first-order chi connectivity index (χ1) is 14.8. The smallest absolute Gasteiger partial charge is 0.225 e. The summed E-state index contributed by atoms with van der Waals surface area (Å²) in [6.45, 7) is 2.90. The van der Waals surface area contributed by atoms with Crippen molar-refractivity contribution >= 4 is 5.91 Å². The predicted octanol–water partition coefficient (Wildman–Crippen LogP) is 3.90. The van der Waals surface area contributed by atoms with Crippen molar-refractivity contribution in [3.63, 3.8) is 0 Å². The molecular weight excluding hydrogens is 372 g/mol. The van der Waals surface area contributed by atoms with Crippen LogP contribution in [0.3, 0.4) is 0 Å². The van der Waals surface area contributed by atoms with Crippen molar-refractivity contribution in [2.75, 3.05) is 26.2 Å². The number of rotatable bonds is 4. The summed E-state index contributed by atoms with van der Waals surface area (Å²) >= 11 is 0. The van der Waals surface area contributed by atoms with Crippen LogP contribution in [0.5, 0.6) is 0 Å². The molecule has 2 aliphatic heterocycles. The van der Waals surface area contributed by atoms with Crippen molar-refractivity contribution in [1.29, 1.82) is 0 Å². The van der Waals surface area contributed by atoms with E-state index in [0.717, 1.165) is 45.3 Å². The first-order valence-electron chi connectivity index (χ1n) is 11.6. The molecule has 2 aromatic carbocycles. The molecule has 3 aliphatic rings. The first kappa shape index (κ1) is 19.8. The fourth-order valence-electron chi connectivity index (χ4n) is 5.58. The van der Waals surface area contributed by atoms with Crippen LogP contribution in [0.2, 0.25) is 0 Å². The maximum atomic E-state index is 13.0. The van der Waals surface area contributed by atoms with E-state index in [1.54, 1.807) is 0 Å². The van der Waals surface area contributed by atoms with Crippen LogP contribution >= 0.6 is 0 Å². The van der Waals surface area contributed by atoms with E-state index in [0.29, 0.717) is 11.9 Å². The van der Waals surface area contributed by atoms with E-state index in [-0.39, 0.29) is 24.5 Å². The highest BCUT2D eigenvalue weighted by Crippen LogP contribution is 2.42. The van der Waals surface area contributed by atoms with Gasteiger partial charge in [-0.3, -0.25) is 9.69 Å². The molecule has 0 unspecified atom stereocenters. The van der Waals surface area contributed by atoms with E-state index in [4.69, 9.17) is 0 Å². The number of aliphatic hydroxyl groups excluding tert-OH is 1. The quantitative estimate of drug-likeness (QED) is 0.840. The molecule has 0 aromatic heterocycles. The number of nitrogens with zero attached hydrogens (tertiary/aromatic N) is 2. The molecule has 0 bridgehead atoms. The molecule has 1 N–H and O–H groups in total. The normalized spacial score (nSPS) is 27.4. The molecule has 5 rings (SSSR count). The van der Waals surface area contributed by atoms with E-state index < -0.39 is 0 Å². The molecule has 30 heavy (non-hydrogen) atoms. The Hall–Kier alpha value is -2.17. The summed E-state index contributed by atoms with van der Waals surface area (Å²) < 4.78 is 0. The summed E-state index contributed by atoms with van der Waals surface area (Å²) in [4.78, 5) is 17.6. The van der Waals surface area contributed by atoms with Crippen LogP contribution in [-0.4, -0.2) is 59.1 Å². The van der Waals surface area contributed by atoms with Crippen molar-refractivity contribution in [3.05, 3.63) is 60.2 Å². The van der Waals surface area contributed by atoms with Crippen LogP contribution in [0.15, 0.2) is 54.6 Å². The Morgan fingerprint density at radius 1 is 0.900 bits per heavy atom. The minimum atomic E-state index is 0.163. The van der Waals surface area contributed by atoms with Gasteiger partial charge in [0.2, 0.25) is 5.91 Å². The van der Waals surface area contributed by atoms with Crippen molar-refractivity contribution in [2.24, 2.45) is 5.92 Å². The van der Waals surface area contributed by atoms with Gasteiger partial charge in [-0.15, -0.1) is 0 Å². The molecule has 158 valence electrons. The van der Waals surface area contributed by atoms with E-state index in [2.05, 4.69) is 58.3 Å². The highest BCUT2D eigenvalue weighted by atomic mass is 16.3. The van der Waals surface area contributed by atoms with E-state index in [9.17, 15) is 9.90 Å². The number of hydrogen-bond acceptors (Lipinski definition) is 3. The highest BCUT2D eigenvalue weighted by Gasteiger charge is 2.49. The number of aliphatic hydroxyl groups is 1. The molecule has 1 aliphatic carbocycles. The topological polar surface area (TPSA) is 43.8 Å². The van der Waals surface area contributed by atoms with Crippen LogP contribution in [0.1, 0.15) is 43.6 Å². The van der Waals surface area contributed by atoms with Gasteiger partial charge in [0.15, 0.2) is 0 Å². The third-order valence-electron chi connectivity index (χ3n) is 7.54. The molecule has 1 amide bonds. The minimum Gasteiger partial charge on any atom is -0.395 e. The molecule has 3 fully saturated rings. The zero-order valence-corrected chi connectivity index (χ0v) is 17.6. The number of amides is 1. The van der Waals surface area contributed by atoms with Gasteiger partial charge in [-0.05, 0) is 48.9 Å². The van der Waals surface area contributed by atoms with Gasteiger partial charge in [0.1, 0.15) is 0 Å². The molecule has 0 spiro atoms. The Balaban J connectivity index is 1.37.